The molecule has 98 valence electrons. The number of oxazole rings is 1. The first kappa shape index (κ1) is 11.8. The number of hydrogen-bond acceptors (Lipinski definition) is 6. The molecule has 7 heteroatoms. The number of aromatic amines is 1. The Kier molecular flexibility index (Phi) is 2.75. The fourth-order valence-corrected chi connectivity index (χ4v) is 2.53. The predicted molar refractivity (Wildman–Crippen MR) is 75.4 cm³/mol. The SMILES string of the molecule is Cc1csc(CNc2cc3[nH]c(=O)oc3cc2N)n1. The summed E-state index contributed by atoms with van der Waals surface area (Å²) < 4.78 is 4.94. The molecule has 0 bridgehead atoms. The number of H-pyrrole nitrogens is 1. The van der Waals surface area contributed by atoms with E-state index in [-0.39, 0.29) is 0 Å². The van der Waals surface area contributed by atoms with Crippen molar-refractivity contribution >= 4 is 33.8 Å². The molecule has 0 amide bonds. The quantitative estimate of drug-likeness (QED) is 0.636. The maximum Gasteiger partial charge on any atom is 0.417 e. The number of thiazole rings is 1. The minimum atomic E-state index is -0.484. The van der Waals surface area contributed by atoms with Crippen molar-refractivity contribution in [1.29, 1.82) is 0 Å². The summed E-state index contributed by atoms with van der Waals surface area (Å²) in [6.45, 7) is 2.55. The fourth-order valence-electron chi connectivity index (χ4n) is 1.82. The number of aryl methyl sites for hydroxylation is 1. The van der Waals surface area contributed by atoms with E-state index in [1.807, 2.05) is 12.3 Å². The summed E-state index contributed by atoms with van der Waals surface area (Å²) in [5.74, 6) is -0.484. The van der Waals surface area contributed by atoms with Crippen molar-refractivity contribution in [3.05, 3.63) is 38.8 Å². The Morgan fingerprint density at radius 3 is 3.11 bits per heavy atom. The highest BCUT2D eigenvalue weighted by Gasteiger charge is 2.07. The number of fused-ring (bicyclic) bond motifs is 1. The summed E-state index contributed by atoms with van der Waals surface area (Å²) in [6.07, 6.45) is 0. The average Bonchev–Trinajstić information content (AvgIpc) is 2.91. The number of nitrogens with zero attached hydrogens (tertiary/aromatic N) is 1. The van der Waals surface area contributed by atoms with Gasteiger partial charge in [-0.2, -0.15) is 0 Å². The largest absolute Gasteiger partial charge is 0.417 e. The first-order chi connectivity index (χ1) is 9.11. The van der Waals surface area contributed by atoms with E-state index in [0.717, 1.165) is 16.4 Å². The molecule has 0 spiro atoms. The highest BCUT2D eigenvalue weighted by Crippen LogP contribution is 2.25. The lowest BCUT2D eigenvalue weighted by Gasteiger charge is -2.07. The van der Waals surface area contributed by atoms with Crippen LogP contribution in [0.25, 0.3) is 11.1 Å². The number of rotatable bonds is 3. The van der Waals surface area contributed by atoms with Crippen LogP contribution in [-0.4, -0.2) is 9.97 Å². The molecule has 19 heavy (non-hydrogen) atoms. The highest BCUT2D eigenvalue weighted by molar-refractivity contribution is 7.09. The summed E-state index contributed by atoms with van der Waals surface area (Å²) in [7, 11) is 0. The van der Waals surface area contributed by atoms with Crippen molar-refractivity contribution in [3.8, 4) is 0 Å². The lowest BCUT2D eigenvalue weighted by atomic mass is 10.2. The maximum atomic E-state index is 11.1. The Balaban J connectivity index is 1.87. The number of hydrogen-bond donors (Lipinski definition) is 3. The minimum absolute atomic E-state index is 0.457. The molecule has 0 saturated heterocycles. The monoisotopic (exact) mass is 276 g/mol. The summed E-state index contributed by atoms with van der Waals surface area (Å²) in [5, 5.41) is 6.18. The van der Waals surface area contributed by atoms with Gasteiger partial charge >= 0.3 is 5.76 Å². The van der Waals surface area contributed by atoms with E-state index in [2.05, 4.69) is 15.3 Å². The van der Waals surface area contributed by atoms with Crippen LogP contribution in [0, 0.1) is 6.92 Å². The van der Waals surface area contributed by atoms with Crippen molar-refractivity contribution < 1.29 is 4.42 Å². The van der Waals surface area contributed by atoms with E-state index in [1.165, 1.54) is 0 Å². The van der Waals surface area contributed by atoms with Crippen LogP contribution in [0.15, 0.2) is 26.7 Å². The first-order valence-electron chi connectivity index (χ1n) is 5.69. The Morgan fingerprint density at radius 1 is 1.53 bits per heavy atom. The molecular weight excluding hydrogens is 264 g/mol. The number of nitrogens with one attached hydrogen (secondary N) is 2. The molecule has 1 aromatic carbocycles. The second-order valence-corrected chi connectivity index (χ2v) is 5.13. The normalized spacial score (nSPS) is 11.0. The van der Waals surface area contributed by atoms with Crippen LogP contribution in [0.3, 0.4) is 0 Å². The zero-order valence-corrected chi connectivity index (χ0v) is 11.0. The van der Waals surface area contributed by atoms with Gasteiger partial charge in [-0.25, -0.2) is 9.78 Å². The second-order valence-electron chi connectivity index (χ2n) is 4.19. The van der Waals surface area contributed by atoms with E-state index in [4.69, 9.17) is 10.2 Å². The Hall–Kier alpha value is -2.28. The zero-order chi connectivity index (χ0) is 13.4. The van der Waals surface area contributed by atoms with Crippen LogP contribution in [0.5, 0.6) is 0 Å². The Bertz CT molecular complexity index is 786. The molecule has 0 aliphatic carbocycles. The third-order valence-electron chi connectivity index (χ3n) is 2.69. The lowest BCUT2D eigenvalue weighted by molar-refractivity contribution is 0.555. The highest BCUT2D eigenvalue weighted by atomic mass is 32.1. The molecule has 0 atom stereocenters. The standard InChI is InChI=1S/C12H12N4O2S/c1-6-5-19-11(15-6)4-14-8-3-9-10(2-7(8)13)18-12(17)16-9/h2-3,5,14H,4,13H2,1H3,(H,16,17). The first-order valence-corrected chi connectivity index (χ1v) is 6.57. The van der Waals surface area contributed by atoms with E-state index < -0.39 is 5.76 Å². The summed E-state index contributed by atoms with van der Waals surface area (Å²) in [4.78, 5) is 18.1. The maximum absolute atomic E-state index is 11.1. The number of anilines is 2. The Morgan fingerprint density at radius 2 is 2.37 bits per heavy atom. The van der Waals surface area contributed by atoms with Crippen LogP contribution in [0.1, 0.15) is 10.7 Å². The predicted octanol–water partition coefficient (Wildman–Crippen LogP) is 2.08. The molecular formula is C12H12N4O2S. The molecule has 2 aromatic heterocycles. The summed E-state index contributed by atoms with van der Waals surface area (Å²) in [5.41, 5.74) is 9.27. The van der Waals surface area contributed by atoms with Crippen LogP contribution < -0.4 is 16.8 Å². The van der Waals surface area contributed by atoms with E-state index in [0.29, 0.717) is 23.3 Å². The minimum Gasteiger partial charge on any atom is -0.408 e. The van der Waals surface area contributed by atoms with Gasteiger partial charge in [-0.05, 0) is 13.0 Å². The van der Waals surface area contributed by atoms with Gasteiger partial charge in [-0.3, -0.25) is 4.98 Å². The number of nitrogen functional groups attached to an aromatic ring is 1. The van der Waals surface area contributed by atoms with Crippen LogP contribution in [0.2, 0.25) is 0 Å². The van der Waals surface area contributed by atoms with Gasteiger partial charge in [0.25, 0.3) is 0 Å². The molecule has 0 fully saturated rings. The molecule has 6 nitrogen and oxygen atoms in total. The molecule has 0 saturated carbocycles. The van der Waals surface area contributed by atoms with Crippen molar-refractivity contribution in [1.82, 2.24) is 9.97 Å². The number of nitrogens with two attached hydrogens (primary N) is 1. The summed E-state index contributed by atoms with van der Waals surface area (Å²) >= 11 is 1.59. The second kappa shape index (κ2) is 4.43. The van der Waals surface area contributed by atoms with Gasteiger partial charge < -0.3 is 15.5 Å². The number of aromatic nitrogens is 2. The van der Waals surface area contributed by atoms with Gasteiger partial charge in [0, 0.05) is 17.1 Å². The van der Waals surface area contributed by atoms with Crippen LogP contribution in [0.4, 0.5) is 11.4 Å². The number of benzene rings is 1. The molecule has 3 rings (SSSR count). The molecule has 0 aliphatic rings. The molecule has 0 radical (unpaired) electrons. The molecule has 0 unspecified atom stereocenters. The van der Waals surface area contributed by atoms with Crippen LogP contribution in [-0.2, 0) is 6.54 Å². The van der Waals surface area contributed by atoms with Crippen LogP contribution >= 0.6 is 11.3 Å². The average molecular weight is 276 g/mol. The molecule has 0 aliphatic heterocycles. The van der Waals surface area contributed by atoms with Gasteiger partial charge in [0.1, 0.15) is 5.01 Å². The smallest absolute Gasteiger partial charge is 0.408 e. The van der Waals surface area contributed by atoms with Crippen molar-refractivity contribution in [2.75, 3.05) is 11.1 Å². The van der Waals surface area contributed by atoms with E-state index >= 15 is 0 Å². The van der Waals surface area contributed by atoms with Crippen molar-refractivity contribution in [3.63, 3.8) is 0 Å². The molecule has 4 N–H and O–H groups in total. The van der Waals surface area contributed by atoms with E-state index in [9.17, 15) is 4.79 Å². The van der Waals surface area contributed by atoms with Crippen molar-refractivity contribution in [2.24, 2.45) is 0 Å². The Labute approximate surface area is 112 Å². The third-order valence-corrected chi connectivity index (χ3v) is 3.65. The van der Waals surface area contributed by atoms with Gasteiger partial charge in [-0.15, -0.1) is 11.3 Å². The van der Waals surface area contributed by atoms with Gasteiger partial charge in [-0.1, -0.05) is 0 Å². The zero-order valence-electron chi connectivity index (χ0n) is 10.2. The lowest BCUT2D eigenvalue weighted by Crippen LogP contribution is -2.02. The van der Waals surface area contributed by atoms with Gasteiger partial charge in [0.05, 0.1) is 23.4 Å². The summed E-state index contributed by atoms with van der Waals surface area (Å²) in [6, 6.07) is 3.39. The fraction of sp³-hybridized carbons (Fsp3) is 0.167. The molecule has 3 aromatic rings. The topological polar surface area (TPSA) is 96.9 Å². The van der Waals surface area contributed by atoms with Crippen molar-refractivity contribution in [2.45, 2.75) is 13.5 Å². The van der Waals surface area contributed by atoms with Gasteiger partial charge in [0.2, 0.25) is 0 Å². The van der Waals surface area contributed by atoms with E-state index in [1.54, 1.807) is 23.5 Å². The van der Waals surface area contributed by atoms with Gasteiger partial charge in [0.15, 0.2) is 5.58 Å². The molecule has 2 heterocycles. The third kappa shape index (κ3) is 2.32.